The number of aliphatic imine (C=N–C) groups is 1. The lowest BCUT2D eigenvalue weighted by molar-refractivity contribution is -0.130. The van der Waals surface area contributed by atoms with E-state index in [-0.39, 0.29) is 18.4 Å². The Morgan fingerprint density at radius 2 is 2.14 bits per heavy atom. The molecule has 0 bridgehead atoms. The lowest BCUT2D eigenvalue weighted by atomic mass is 10.2. The quantitative estimate of drug-likeness (QED) is 0.271. The number of amides is 2. The number of terminal acetylenes is 1. The monoisotopic (exact) mass is 397 g/mol. The van der Waals surface area contributed by atoms with Crippen molar-refractivity contribution in [3.63, 3.8) is 0 Å². The van der Waals surface area contributed by atoms with Crippen LogP contribution in [0.3, 0.4) is 0 Å². The standard InChI is InChI=1S/C22H31N5O2/c1-3-18-10-8-11-19(16-18)26-20(28)17-25-22(23-4-2)24-13-9-15-27-14-7-5-6-12-21(27)29/h1,8,10-11,16H,4-7,9,12-15,17H2,2H3,(H,26,28)(H2,23,24,25). The Labute approximate surface area is 173 Å². The molecule has 0 radical (unpaired) electrons. The van der Waals surface area contributed by atoms with Crippen molar-refractivity contribution in [2.45, 2.75) is 39.0 Å². The van der Waals surface area contributed by atoms with Gasteiger partial charge in [0.25, 0.3) is 0 Å². The first-order valence-corrected chi connectivity index (χ1v) is 10.3. The predicted molar refractivity (Wildman–Crippen MR) is 117 cm³/mol. The van der Waals surface area contributed by atoms with Crippen LogP contribution in [0.2, 0.25) is 0 Å². The molecule has 156 valence electrons. The molecular weight excluding hydrogens is 366 g/mol. The summed E-state index contributed by atoms with van der Waals surface area (Å²) < 4.78 is 0. The summed E-state index contributed by atoms with van der Waals surface area (Å²) in [5.74, 6) is 3.17. The van der Waals surface area contributed by atoms with Crippen LogP contribution in [0, 0.1) is 12.3 Å². The Balaban J connectivity index is 1.77. The molecule has 0 spiro atoms. The van der Waals surface area contributed by atoms with Crippen molar-refractivity contribution in [2.75, 3.05) is 38.0 Å². The van der Waals surface area contributed by atoms with Crippen molar-refractivity contribution in [2.24, 2.45) is 4.99 Å². The minimum absolute atomic E-state index is 0.000224. The van der Waals surface area contributed by atoms with Gasteiger partial charge in [-0.2, -0.15) is 0 Å². The number of guanidine groups is 1. The molecule has 7 nitrogen and oxygen atoms in total. The van der Waals surface area contributed by atoms with Crippen LogP contribution in [0.1, 0.15) is 44.6 Å². The van der Waals surface area contributed by atoms with Crippen molar-refractivity contribution in [3.8, 4) is 12.3 Å². The number of hydrogen-bond donors (Lipinski definition) is 3. The van der Waals surface area contributed by atoms with E-state index >= 15 is 0 Å². The molecule has 0 atom stereocenters. The number of carbonyl (C=O) groups excluding carboxylic acids is 2. The zero-order valence-corrected chi connectivity index (χ0v) is 17.2. The molecular formula is C22H31N5O2. The molecule has 2 amide bonds. The van der Waals surface area contributed by atoms with E-state index in [1.54, 1.807) is 24.3 Å². The first-order valence-electron chi connectivity index (χ1n) is 10.3. The van der Waals surface area contributed by atoms with Gasteiger partial charge in [-0.15, -0.1) is 6.42 Å². The fourth-order valence-electron chi connectivity index (χ4n) is 3.13. The third-order valence-electron chi connectivity index (χ3n) is 4.61. The van der Waals surface area contributed by atoms with Gasteiger partial charge in [-0.25, -0.2) is 4.99 Å². The number of carbonyl (C=O) groups is 2. The molecule has 1 heterocycles. The number of rotatable bonds is 8. The van der Waals surface area contributed by atoms with Crippen molar-refractivity contribution in [1.29, 1.82) is 0 Å². The van der Waals surface area contributed by atoms with Crippen LogP contribution in [-0.2, 0) is 9.59 Å². The predicted octanol–water partition coefficient (Wildman–Crippen LogP) is 1.95. The van der Waals surface area contributed by atoms with Gasteiger partial charge < -0.3 is 20.9 Å². The second-order valence-electron chi connectivity index (χ2n) is 6.94. The van der Waals surface area contributed by atoms with Crippen LogP contribution in [0.25, 0.3) is 0 Å². The molecule has 3 N–H and O–H groups in total. The summed E-state index contributed by atoms with van der Waals surface area (Å²) in [6.45, 7) is 4.95. The van der Waals surface area contributed by atoms with Gasteiger partial charge in [0, 0.05) is 43.9 Å². The Morgan fingerprint density at radius 3 is 2.93 bits per heavy atom. The molecule has 2 rings (SSSR count). The fourth-order valence-corrected chi connectivity index (χ4v) is 3.13. The number of benzene rings is 1. The van der Waals surface area contributed by atoms with Gasteiger partial charge in [0.05, 0.1) is 0 Å². The van der Waals surface area contributed by atoms with Gasteiger partial charge >= 0.3 is 0 Å². The molecule has 1 saturated heterocycles. The molecule has 1 aromatic carbocycles. The van der Waals surface area contributed by atoms with E-state index in [9.17, 15) is 9.59 Å². The van der Waals surface area contributed by atoms with Crippen molar-refractivity contribution >= 4 is 23.5 Å². The highest BCUT2D eigenvalue weighted by Gasteiger charge is 2.15. The molecule has 1 aliphatic heterocycles. The summed E-state index contributed by atoms with van der Waals surface area (Å²) in [5.41, 5.74) is 1.37. The zero-order valence-electron chi connectivity index (χ0n) is 17.2. The van der Waals surface area contributed by atoms with E-state index in [2.05, 4.69) is 26.9 Å². The van der Waals surface area contributed by atoms with Crippen molar-refractivity contribution in [3.05, 3.63) is 29.8 Å². The third kappa shape index (κ3) is 8.26. The smallest absolute Gasteiger partial charge is 0.246 e. The van der Waals surface area contributed by atoms with E-state index in [4.69, 9.17) is 6.42 Å². The van der Waals surface area contributed by atoms with Crippen molar-refractivity contribution < 1.29 is 9.59 Å². The molecule has 1 aromatic rings. The topological polar surface area (TPSA) is 85.8 Å². The number of hydrogen-bond acceptors (Lipinski definition) is 3. The average Bonchev–Trinajstić information content (AvgIpc) is 2.93. The maximum Gasteiger partial charge on any atom is 0.246 e. The highest BCUT2D eigenvalue weighted by molar-refractivity contribution is 5.94. The second kappa shape index (κ2) is 12.4. The summed E-state index contributed by atoms with van der Waals surface area (Å²) in [7, 11) is 0. The number of nitrogens with zero attached hydrogens (tertiary/aromatic N) is 2. The maximum absolute atomic E-state index is 12.2. The van der Waals surface area contributed by atoms with Gasteiger partial charge in [-0.05, 0) is 44.4 Å². The average molecular weight is 398 g/mol. The Hall–Kier alpha value is -3.01. The number of nitrogens with one attached hydrogen (secondary N) is 3. The summed E-state index contributed by atoms with van der Waals surface area (Å²) in [6, 6.07) is 7.14. The molecule has 7 heteroatoms. The highest BCUT2D eigenvalue weighted by atomic mass is 16.2. The summed E-state index contributed by atoms with van der Waals surface area (Å²) >= 11 is 0. The Bertz CT molecular complexity index is 754. The molecule has 29 heavy (non-hydrogen) atoms. The van der Waals surface area contributed by atoms with E-state index in [1.807, 2.05) is 11.8 Å². The van der Waals surface area contributed by atoms with E-state index in [1.165, 1.54) is 0 Å². The molecule has 1 fully saturated rings. The van der Waals surface area contributed by atoms with Gasteiger partial charge in [0.2, 0.25) is 11.8 Å². The van der Waals surface area contributed by atoms with Gasteiger partial charge in [0.1, 0.15) is 6.54 Å². The SMILES string of the molecule is C#Cc1cccc(NC(=O)CN=C(NCC)NCCCN2CCCCCC2=O)c1. The zero-order chi connectivity index (χ0) is 20.9. The van der Waals surface area contributed by atoms with Crippen LogP contribution in [0.15, 0.2) is 29.3 Å². The number of anilines is 1. The van der Waals surface area contributed by atoms with Crippen LogP contribution >= 0.6 is 0 Å². The summed E-state index contributed by atoms with van der Waals surface area (Å²) in [6.07, 6.45) is 10.1. The molecule has 0 aromatic heterocycles. The largest absolute Gasteiger partial charge is 0.357 e. The lowest BCUT2D eigenvalue weighted by Crippen LogP contribution is -2.40. The minimum atomic E-state index is -0.216. The molecule has 0 unspecified atom stereocenters. The lowest BCUT2D eigenvalue weighted by Gasteiger charge is -2.20. The summed E-state index contributed by atoms with van der Waals surface area (Å²) in [4.78, 5) is 30.5. The van der Waals surface area contributed by atoms with E-state index in [0.29, 0.717) is 36.7 Å². The van der Waals surface area contributed by atoms with Gasteiger partial charge in [0.15, 0.2) is 5.96 Å². The van der Waals surface area contributed by atoms with Gasteiger partial charge in [-0.3, -0.25) is 9.59 Å². The van der Waals surface area contributed by atoms with Crippen LogP contribution in [0.5, 0.6) is 0 Å². The van der Waals surface area contributed by atoms with Crippen LogP contribution in [0.4, 0.5) is 5.69 Å². The molecule has 0 aliphatic carbocycles. The van der Waals surface area contributed by atoms with Gasteiger partial charge in [-0.1, -0.05) is 18.4 Å². The van der Waals surface area contributed by atoms with Crippen LogP contribution < -0.4 is 16.0 Å². The van der Waals surface area contributed by atoms with E-state index in [0.717, 1.165) is 38.8 Å². The first-order chi connectivity index (χ1) is 14.1. The third-order valence-corrected chi connectivity index (χ3v) is 4.61. The van der Waals surface area contributed by atoms with Crippen molar-refractivity contribution in [1.82, 2.24) is 15.5 Å². The Kier molecular flexibility index (Phi) is 9.56. The molecule has 1 aliphatic rings. The maximum atomic E-state index is 12.2. The summed E-state index contributed by atoms with van der Waals surface area (Å²) in [5, 5.41) is 9.15. The minimum Gasteiger partial charge on any atom is -0.357 e. The molecule has 0 saturated carbocycles. The highest BCUT2D eigenvalue weighted by Crippen LogP contribution is 2.11. The number of likely N-dealkylation sites (tertiary alicyclic amines) is 1. The fraction of sp³-hybridized carbons (Fsp3) is 0.500. The van der Waals surface area contributed by atoms with Crippen LogP contribution in [-0.4, -0.2) is 55.4 Å². The normalized spacial score (nSPS) is 14.7. The Morgan fingerprint density at radius 1 is 1.28 bits per heavy atom. The van der Waals surface area contributed by atoms with E-state index < -0.39 is 0 Å². The first kappa shape index (κ1) is 22.3. The second-order valence-corrected chi connectivity index (χ2v) is 6.94.